The van der Waals surface area contributed by atoms with Crippen molar-refractivity contribution >= 4 is 9.24 Å². The lowest BCUT2D eigenvalue weighted by atomic mass is 9.66. The molecule has 0 aliphatic rings. The van der Waals surface area contributed by atoms with Gasteiger partial charge in [-0.15, -0.1) is 9.24 Å². The molecule has 0 aliphatic carbocycles. The fourth-order valence-electron chi connectivity index (χ4n) is 2.04. The average molecular weight is 286 g/mol. The Kier molecular flexibility index (Phi) is 8.84. The zero-order valence-corrected chi connectivity index (χ0v) is 16.6. The lowest BCUT2D eigenvalue weighted by Gasteiger charge is -2.42. The van der Waals surface area contributed by atoms with Crippen LogP contribution in [0, 0.1) is 22.2 Å². The Labute approximate surface area is 126 Å². The van der Waals surface area contributed by atoms with E-state index >= 15 is 0 Å². The Morgan fingerprint density at radius 1 is 1.00 bits per heavy atom. The van der Waals surface area contributed by atoms with Crippen LogP contribution in [0.4, 0.5) is 0 Å². The van der Waals surface area contributed by atoms with Gasteiger partial charge < -0.3 is 0 Å². The van der Waals surface area contributed by atoms with Crippen molar-refractivity contribution in [3.05, 3.63) is 11.4 Å². The van der Waals surface area contributed by atoms with Crippen LogP contribution >= 0.6 is 9.24 Å². The maximum Gasteiger partial charge on any atom is -0.00767 e. The van der Waals surface area contributed by atoms with Gasteiger partial charge in [0.25, 0.3) is 0 Å². The molecule has 0 nitrogen and oxygen atoms in total. The third kappa shape index (κ3) is 6.94. The molecule has 1 heteroatoms. The molecule has 0 amide bonds. The number of hydrogen-bond acceptors (Lipinski definition) is 0. The van der Waals surface area contributed by atoms with Gasteiger partial charge in [-0.2, -0.15) is 0 Å². The predicted molar refractivity (Wildman–Crippen MR) is 95.6 cm³/mol. The number of rotatable bonds is 4. The van der Waals surface area contributed by atoms with Crippen LogP contribution in [-0.4, -0.2) is 0 Å². The third-order valence-electron chi connectivity index (χ3n) is 4.58. The fraction of sp³-hybridized carbons (Fsp3) is 0.889. The van der Waals surface area contributed by atoms with E-state index in [9.17, 15) is 0 Å². The Hall–Kier alpha value is 0.170. The van der Waals surface area contributed by atoms with E-state index in [4.69, 9.17) is 0 Å². The molecule has 0 spiro atoms. The molecule has 0 aromatic carbocycles. The SMILES string of the molecule is CC.CCC(C)(C)/C=C(\P)C(C)(C)C(C)C(C)(C)C. The summed E-state index contributed by atoms with van der Waals surface area (Å²) >= 11 is 0. The molecule has 2 atom stereocenters. The van der Waals surface area contributed by atoms with Crippen molar-refractivity contribution in [2.24, 2.45) is 22.2 Å². The van der Waals surface area contributed by atoms with Gasteiger partial charge in [0.1, 0.15) is 0 Å². The normalized spacial score (nSPS) is 15.7. The molecule has 0 aromatic rings. The molecule has 0 saturated heterocycles. The van der Waals surface area contributed by atoms with Crippen LogP contribution in [0.25, 0.3) is 0 Å². The van der Waals surface area contributed by atoms with E-state index in [1.165, 1.54) is 11.7 Å². The molecule has 0 aliphatic heterocycles. The van der Waals surface area contributed by atoms with Gasteiger partial charge >= 0.3 is 0 Å². The van der Waals surface area contributed by atoms with E-state index in [-0.39, 0.29) is 5.41 Å². The van der Waals surface area contributed by atoms with E-state index in [1.54, 1.807) is 0 Å². The lowest BCUT2D eigenvalue weighted by Crippen LogP contribution is -2.33. The second kappa shape index (κ2) is 7.82. The van der Waals surface area contributed by atoms with Crippen molar-refractivity contribution in [3.63, 3.8) is 0 Å². The standard InChI is InChI=1S/C16H33P.C2H6/c1-10-15(6,7)11-13(17)16(8,9)12(2)14(3,4)5;1-2/h11-12H,10,17H2,1-9H3;1-2H3/b13-11-;. The smallest absolute Gasteiger partial charge is 0.00767 e. The summed E-state index contributed by atoms with van der Waals surface area (Å²) in [7, 11) is 2.98. The Bertz CT molecular complexity index is 277. The highest BCUT2D eigenvalue weighted by Crippen LogP contribution is 2.47. The molecule has 0 rings (SSSR count). The molecule has 0 aromatic heterocycles. The van der Waals surface area contributed by atoms with E-state index in [2.05, 4.69) is 77.6 Å². The maximum atomic E-state index is 2.98. The zero-order chi connectivity index (χ0) is 16.1. The summed E-state index contributed by atoms with van der Waals surface area (Å²) in [4.78, 5) is 0. The minimum Gasteiger partial charge on any atom is -0.110 e. The summed E-state index contributed by atoms with van der Waals surface area (Å²) in [6.07, 6.45) is 3.63. The summed E-state index contributed by atoms with van der Waals surface area (Å²) in [6.45, 7) is 25.0. The first-order chi connectivity index (χ1) is 8.34. The van der Waals surface area contributed by atoms with Crippen LogP contribution in [0.2, 0.25) is 0 Å². The van der Waals surface area contributed by atoms with Crippen LogP contribution in [0.3, 0.4) is 0 Å². The van der Waals surface area contributed by atoms with Crippen LogP contribution in [0.1, 0.15) is 82.6 Å². The molecule has 19 heavy (non-hydrogen) atoms. The van der Waals surface area contributed by atoms with Crippen molar-refractivity contribution in [1.29, 1.82) is 0 Å². The molecule has 0 radical (unpaired) electrons. The maximum absolute atomic E-state index is 2.98. The Morgan fingerprint density at radius 3 is 1.63 bits per heavy atom. The first-order valence-electron chi connectivity index (χ1n) is 7.83. The summed E-state index contributed by atoms with van der Waals surface area (Å²) in [5.74, 6) is 0.645. The van der Waals surface area contributed by atoms with Gasteiger partial charge in [0.15, 0.2) is 0 Å². The largest absolute Gasteiger partial charge is 0.110 e. The van der Waals surface area contributed by atoms with E-state index < -0.39 is 0 Å². The average Bonchev–Trinajstić information content (AvgIpc) is 2.28. The molecule has 2 unspecified atom stereocenters. The molecular weight excluding hydrogens is 247 g/mol. The third-order valence-corrected chi connectivity index (χ3v) is 5.49. The van der Waals surface area contributed by atoms with Crippen molar-refractivity contribution in [1.82, 2.24) is 0 Å². The van der Waals surface area contributed by atoms with Crippen molar-refractivity contribution < 1.29 is 0 Å². The van der Waals surface area contributed by atoms with Crippen molar-refractivity contribution in [3.8, 4) is 0 Å². The van der Waals surface area contributed by atoms with Crippen LogP contribution in [-0.2, 0) is 0 Å². The van der Waals surface area contributed by atoms with Gasteiger partial charge in [-0.3, -0.25) is 0 Å². The van der Waals surface area contributed by atoms with E-state index in [0.717, 1.165) is 0 Å². The lowest BCUT2D eigenvalue weighted by molar-refractivity contribution is 0.140. The van der Waals surface area contributed by atoms with Crippen LogP contribution in [0.5, 0.6) is 0 Å². The minimum absolute atomic E-state index is 0.232. The first kappa shape index (κ1) is 21.5. The van der Waals surface area contributed by atoms with Crippen LogP contribution < -0.4 is 0 Å². The molecular formula is C18H39P. The summed E-state index contributed by atoms with van der Waals surface area (Å²) in [5.41, 5.74) is 0.872. The van der Waals surface area contributed by atoms with Gasteiger partial charge in [0.05, 0.1) is 0 Å². The van der Waals surface area contributed by atoms with Gasteiger partial charge in [0.2, 0.25) is 0 Å². The topological polar surface area (TPSA) is 0 Å². The molecule has 0 N–H and O–H groups in total. The monoisotopic (exact) mass is 286 g/mol. The Morgan fingerprint density at radius 2 is 1.37 bits per heavy atom. The molecule has 0 fully saturated rings. The summed E-state index contributed by atoms with van der Waals surface area (Å²) in [5, 5.41) is 1.45. The fourth-order valence-corrected chi connectivity index (χ4v) is 2.74. The second-order valence-corrected chi connectivity index (χ2v) is 8.37. The highest BCUT2D eigenvalue weighted by molar-refractivity contribution is 7.22. The summed E-state index contributed by atoms with van der Waals surface area (Å²) in [6, 6.07) is 0. The van der Waals surface area contributed by atoms with Crippen molar-refractivity contribution in [2.75, 3.05) is 0 Å². The van der Waals surface area contributed by atoms with Gasteiger partial charge in [-0.1, -0.05) is 82.2 Å². The number of hydrogen-bond donors (Lipinski definition) is 0. The predicted octanol–water partition coefficient (Wildman–Crippen LogP) is 6.92. The highest BCUT2D eigenvalue weighted by atomic mass is 31.0. The number of allylic oxidation sites excluding steroid dienone is 2. The molecule has 0 bridgehead atoms. The van der Waals surface area contributed by atoms with Crippen molar-refractivity contribution in [2.45, 2.75) is 82.6 Å². The summed E-state index contributed by atoms with van der Waals surface area (Å²) < 4.78 is 0. The van der Waals surface area contributed by atoms with Crippen LogP contribution in [0.15, 0.2) is 11.4 Å². The van der Waals surface area contributed by atoms with Gasteiger partial charge in [0, 0.05) is 0 Å². The van der Waals surface area contributed by atoms with Gasteiger partial charge in [-0.05, 0) is 33.9 Å². The quantitative estimate of drug-likeness (QED) is 0.492. The van der Waals surface area contributed by atoms with E-state index in [0.29, 0.717) is 16.7 Å². The zero-order valence-electron chi connectivity index (χ0n) is 15.4. The first-order valence-corrected chi connectivity index (χ1v) is 8.41. The van der Waals surface area contributed by atoms with E-state index in [1.807, 2.05) is 13.8 Å². The molecule has 0 saturated carbocycles. The highest BCUT2D eigenvalue weighted by Gasteiger charge is 2.36. The second-order valence-electron chi connectivity index (χ2n) is 7.75. The Balaban J connectivity index is 0. The molecule has 116 valence electrons. The minimum atomic E-state index is 0.232. The van der Waals surface area contributed by atoms with Gasteiger partial charge in [-0.25, -0.2) is 0 Å². The molecule has 0 heterocycles.